The van der Waals surface area contributed by atoms with Crippen LogP contribution in [0.1, 0.15) is 44.8 Å². The summed E-state index contributed by atoms with van der Waals surface area (Å²) >= 11 is 2.93. The van der Waals surface area contributed by atoms with E-state index in [2.05, 4.69) is 16.7 Å². The van der Waals surface area contributed by atoms with E-state index in [1.54, 1.807) is 6.07 Å². The molecule has 0 atom stereocenters. The maximum Gasteiger partial charge on any atom is 0.255 e. The number of carbonyl (C=O) groups is 2. The topological polar surface area (TPSA) is 82.0 Å². The zero-order valence-electron chi connectivity index (χ0n) is 17.7. The summed E-state index contributed by atoms with van der Waals surface area (Å²) in [6, 6.07) is 17.2. The van der Waals surface area contributed by atoms with Gasteiger partial charge in [-0.2, -0.15) is 5.26 Å². The van der Waals surface area contributed by atoms with Gasteiger partial charge < -0.3 is 10.6 Å². The van der Waals surface area contributed by atoms with Crippen LogP contribution in [0.15, 0.2) is 53.4 Å². The van der Waals surface area contributed by atoms with E-state index in [4.69, 9.17) is 0 Å². The van der Waals surface area contributed by atoms with Gasteiger partial charge in [-0.3, -0.25) is 9.59 Å². The number of amides is 2. The summed E-state index contributed by atoms with van der Waals surface area (Å²) in [6.07, 6.45) is 4.14. The van der Waals surface area contributed by atoms with Crippen molar-refractivity contribution in [1.82, 2.24) is 0 Å². The number of nitrogens with zero attached hydrogens (tertiary/aromatic N) is 1. The predicted molar refractivity (Wildman–Crippen MR) is 131 cm³/mol. The first-order chi connectivity index (χ1) is 15.5. The van der Waals surface area contributed by atoms with Crippen LogP contribution in [0.2, 0.25) is 0 Å². The van der Waals surface area contributed by atoms with E-state index in [0.717, 1.165) is 41.7 Å². The lowest BCUT2D eigenvalue weighted by atomic mass is 9.96. The molecule has 0 aliphatic heterocycles. The fourth-order valence-corrected chi connectivity index (χ4v) is 5.78. The molecule has 0 spiro atoms. The summed E-state index contributed by atoms with van der Waals surface area (Å²) in [6.45, 7) is 1.90. The van der Waals surface area contributed by atoms with Gasteiger partial charge in [0.1, 0.15) is 11.1 Å². The fourth-order valence-electron chi connectivity index (χ4n) is 3.77. The van der Waals surface area contributed by atoms with Crippen molar-refractivity contribution in [2.24, 2.45) is 0 Å². The number of thiophene rings is 1. The molecule has 5 nitrogen and oxygen atoms in total. The van der Waals surface area contributed by atoms with Crippen molar-refractivity contribution in [2.45, 2.75) is 37.5 Å². The molecule has 7 heteroatoms. The summed E-state index contributed by atoms with van der Waals surface area (Å²) in [5, 5.41) is 16.1. The van der Waals surface area contributed by atoms with E-state index < -0.39 is 0 Å². The molecule has 2 N–H and O–H groups in total. The smallest absolute Gasteiger partial charge is 0.255 e. The Bertz CT molecular complexity index is 1210. The third kappa shape index (κ3) is 5.04. The van der Waals surface area contributed by atoms with Crippen LogP contribution in [-0.4, -0.2) is 17.6 Å². The summed E-state index contributed by atoms with van der Waals surface area (Å²) < 4.78 is 0. The number of nitriles is 1. The minimum atomic E-state index is -0.159. The van der Waals surface area contributed by atoms with Gasteiger partial charge in [-0.1, -0.05) is 24.3 Å². The van der Waals surface area contributed by atoms with Gasteiger partial charge in [-0.15, -0.1) is 23.1 Å². The van der Waals surface area contributed by atoms with Gasteiger partial charge in [0.15, 0.2) is 0 Å². The van der Waals surface area contributed by atoms with Gasteiger partial charge in [0.05, 0.1) is 11.3 Å². The van der Waals surface area contributed by atoms with Crippen LogP contribution in [-0.2, 0) is 17.6 Å². The van der Waals surface area contributed by atoms with Crippen LogP contribution in [0.3, 0.4) is 0 Å². The Morgan fingerprint density at radius 1 is 1.09 bits per heavy atom. The largest absolute Gasteiger partial charge is 0.322 e. The molecule has 162 valence electrons. The molecule has 1 aliphatic rings. The molecule has 1 heterocycles. The first-order valence-electron chi connectivity index (χ1n) is 10.5. The van der Waals surface area contributed by atoms with E-state index in [0.29, 0.717) is 21.8 Å². The highest BCUT2D eigenvalue weighted by Crippen LogP contribution is 2.37. The lowest BCUT2D eigenvalue weighted by Gasteiger charge is -2.09. The molecule has 1 aliphatic carbocycles. The second-order valence-corrected chi connectivity index (χ2v) is 9.81. The molecular formula is C25H23N3O2S2. The number of rotatable bonds is 6. The Balaban J connectivity index is 1.37. The molecule has 0 saturated carbocycles. The summed E-state index contributed by atoms with van der Waals surface area (Å²) in [4.78, 5) is 27.2. The lowest BCUT2D eigenvalue weighted by molar-refractivity contribution is -0.113. The molecule has 2 aromatic carbocycles. The molecule has 0 radical (unpaired) electrons. The first kappa shape index (κ1) is 22.1. The van der Waals surface area contributed by atoms with Crippen molar-refractivity contribution in [3.05, 3.63) is 75.7 Å². The molecule has 0 saturated heterocycles. The quantitative estimate of drug-likeness (QED) is 0.455. The van der Waals surface area contributed by atoms with Crippen LogP contribution in [0, 0.1) is 18.3 Å². The normalized spacial score (nSPS) is 12.5. The average Bonchev–Trinajstić information content (AvgIpc) is 3.15. The maximum absolute atomic E-state index is 12.6. The number of fused-ring (bicyclic) bond motifs is 1. The van der Waals surface area contributed by atoms with E-state index in [-0.39, 0.29) is 17.6 Å². The molecule has 32 heavy (non-hydrogen) atoms. The van der Waals surface area contributed by atoms with Crippen LogP contribution >= 0.6 is 23.1 Å². The molecule has 0 unspecified atom stereocenters. The average molecular weight is 462 g/mol. The zero-order valence-corrected chi connectivity index (χ0v) is 19.4. The molecule has 0 bridgehead atoms. The van der Waals surface area contributed by atoms with Crippen molar-refractivity contribution < 1.29 is 9.59 Å². The second-order valence-electron chi connectivity index (χ2n) is 7.66. The number of aryl methyl sites for hydroxylation is 2. The van der Waals surface area contributed by atoms with Crippen molar-refractivity contribution in [3.8, 4) is 6.07 Å². The lowest BCUT2D eigenvalue weighted by Crippen LogP contribution is -2.14. The maximum atomic E-state index is 12.6. The Kier molecular flexibility index (Phi) is 6.93. The number of hydrogen-bond donors (Lipinski definition) is 2. The monoisotopic (exact) mass is 461 g/mol. The number of carbonyl (C=O) groups excluding carboxylic acids is 2. The van der Waals surface area contributed by atoms with Crippen molar-refractivity contribution in [1.29, 1.82) is 5.26 Å². The van der Waals surface area contributed by atoms with Crippen LogP contribution in [0.5, 0.6) is 0 Å². The van der Waals surface area contributed by atoms with Crippen LogP contribution < -0.4 is 10.6 Å². The summed E-state index contributed by atoms with van der Waals surface area (Å²) in [7, 11) is 0. The highest BCUT2D eigenvalue weighted by Gasteiger charge is 2.21. The van der Waals surface area contributed by atoms with Gasteiger partial charge in [-0.25, -0.2) is 0 Å². The minimum Gasteiger partial charge on any atom is -0.322 e. The number of thioether (sulfide) groups is 1. The van der Waals surface area contributed by atoms with Crippen LogP contribution in [0.25, 0.3) is 0 Å². The first-order valence-corrected chi connectivity index (χ1v) is 12.3. The predicted octanol–water partition coefficient (Wildman–Crippen LogP) is 5.79. The standard InChI is InChI=1S/C25H23N3O2S2/c1-16-7-2-3-10-19(16)24(30)27-17-8-6-9-18(13-17)31-15-23(29)28-25-21(14-26)20-11-4-5-12-22(20)32-25/h2-3,6-10,13H,4-5,11-12,15H2,1H3,(H,27,30)(H,28,29). The van der Waals surface area contributed by atoms with E-state index in [1.807, 2.05) is 49.4 Å². The van der Waals surface area contributed by atoms with Crippen LogP contribution in [0.4, 0.5) is 10.7 Å². The molecule has 3 aromatic rings. The SMILES string of the molecule is Cc1ccccc1C(=O)Nc1cccc(SCC(=O)Nc2sc3c(c2C#N)CCCC3)c1. The third-order valence-corrected chi connectivity index (χ3v) is 7.59. The van der Waals surface area contributed by atoms with Gasteiger partial charge in [0.25, 0.3) is 5.91 Å². The number of anilines is 2. The van der Waals surface area contributed by atoms with Crippen molar-refractivity contribution in [2.75, 3.05) is 16.4 Å². The minimum absolute atomic E-state index is 0.139. The summed E-state index contributed by atoms with van der Waals surface area (Å²) in [5.74, 6) is -0.0732. The molecule has 4 rings (SSSR count). The Morgan fingerprint density at radius 3 is 2.72 bits per heavy atom. The molecular weight excluding hydrogens is 438 g/mol. The molecule has 2 amide bonds. The van der Waals surface area contributed by atoms with Gasteiger partial charge >= 0.3 is 0 Å². The Hall–Kier alpha value is -3.08. The molecule has 0 fully saturated rings. The fraction of sp³-hybridized carbons (Fsp3) is 0.240. The van der Waals surface area contributed by atoms with Gasteiger partial charge in [0.2, 0.25) is 5.91 Å². The van der Waals surface area contributed by atoms with Crippen molar-refractivity contribution in [3.63, 3.8) is 0 Å². The van der Waals surface area contributed by atoms with Gasteiger partial charge in [-0.05, 0) is 68.0 Å². The van der Waals surface area contributed by atoms with E-state index in [1.165, 1.54) is 28.0 Å². The third-order valence-electron chi connectivity index (χ3n) is 5.39. The summed E-state index contributed by atoms with van der Waals surface area (Å²) in [5.41, 5.74) is 3.98. The van der Waals surface area contributed by atoms with E-state index >= 15 is 0 Å². The number of benzene rings is 2. The number of hydrogen-bond acceptors (Lipinski definition) is 5. The second kappa shape index (κ2) is 10.0. The molecule has 1 aromatic heterocycles. The van der Waals surface area contributed by atoms with Crippen molar-refractivity contribution >= 4 is 45.6 Å². The van der Waals surface area contributed by atoms with Gasteiger partial charge in [0, 0.05) is 21.0 Å². The number of nitrogens with one attached hydrogen (secondary N) is 2. The highest BCUT2D eigenvalue weighted by molar-refractivity contribution is 8.00. The highest BCUT2D eigenvalue weighted by atomic mass is 32.2. The Morgan fingerprint density at radius 2 is 1.91 bits per heavy atom. The Labute approximate surface area is 195 Å². The zero-order chi connectivity index (χ0) is 22.5. The van der Waals surface area contributed by atoms with E-state index in [9.17, 15) is 14.9 Å².